The van der Waals surface area contributed by atoms with Crippen LogP contribution in [0.2, 0.25) is 0 Å². The highest BCUT2D eigenvalue weighted by Gasteiger charge is 2.59. The van der Waals surface area contributed by atoms with Gasteiger partial charge in [-0.05, 0) is 59.6 Å². The Balaban J connectivity index is 0.000000735. The lowest BCUT2D eigenvalue weighted by molar-refractivity contribution is -0.157. The normalized spacial score (nSPS) is 28.2. The van der Waals surface area contributed by atoms with Crippen LogP contribution in [-0.2, 0) is 26.7 Å². The second-order valence-corrected chi connectivity index (χ2v) is 10.7. The van der Waals surface area contributed by atoms with Crippen LogP contribution in [0.25, 0.3) is 0 Å². The summed E-state index contributed by atoms with van der Waals surface area (Å²) in [4.78, 5) is 12.2. The Hall–Kier alpha value is -1.48. The molecule has 0 unspecified atom stereocenters. The van der Waals surface area contributed by atoms with Crippen molar-refractivity contribution in [2.75, 3.05) is 18.8 Å². The molecule has 3 atom stereocenters. The predicted octanol–water partition coefficient (Wildman–Crippen LogP) is 2.68. The molecular weight excluding hydrogens is 404 g/mol. The summed E-state index contributed by atoms with van der Waals surface area (Å²) in [6.07, 6.45) is 3.15. The Labute approximate surface area is 180 Å². The first kappa shape index (κ1) is 24.8. The minimum Gasteiger partial charge on any atom is -0.481 e. The third-order valence-electron chi connectivity index (χ3n) is 6.90. The Morgan fingerprint density at radius 3 is 2.37 bits per heavy atom. The van der Waals surface area contributed by atoms with Crippen molar-refractivity contribution in [1.82, 2.24) is 0 Å². The third kappa shape index (κ3) is 4.88. The molecule has 0 bridgehead atoms. The number of benzene rings is 1. The van der Waals surface area contributed by atoms with E-state index in [-0.39, 0.29) is 11.3 Å². The van der Waals surface area contributed by atoms with Gasteiger partial charge in [0.05, 0.1) is 11.2 Å². The summed E-state index contributed by atoms with van der Waals surface area (Å²) in [5.41, 5.74) is 11.7. The number of carboxylic acid groups (broad SMARTS) is 1. The second kappa shape index (κ2) is 9.34. The van der Waals surface area contributed by atoms with Crippen LogP contribution in [0.4, 0.5) is 0 Å². The van der Waals surface area contributed by atoms with Crippen LogP contribution in [0.5, 0.6) is 0 Å². The quantitative estimate of drug-likeness (QED) is 0.515. The smallest absolute Gasteiger partial charge is 0.311 e. The van der Waals surface area contributed by atoms with E-state index in [4.69, 9.17) is 11.5 Å². The number of hydrogen-bond donors (Lipinski definition) is 4. The number of aryl methyl sites for hydroxylation is 1. The SMILES string of the molecule is CC(C)c1ccc2c(c1)CC[C@H]1[C@@](CS(=O)(=O)O)(C(=O)O)CCC[C@]21C.NCCN. The summed E-state index contributed by atoms with van der Waals surface area (Å²) in [6, 6.07) is 6.44. The standard InChI is InChI=1S/C20H28O5S.C2H8N2/c1-13(2)14-5-7-16-15(11-14)6-8-17-19(16,3)9-4-10-20(17,18(21)22)12-26(23,24)25;3-1-2-4/h5,7,11,13,17H,4,6,8-10,12H2,1-3H3,(H,21,22)(H,23,24,25);1-4H2/t17-,19-,20-;/m1./s1. The Kier molecular flexibility index (Phi) is 7.72. The van der Waals surface area contributed by atoms with E-state index >= 15 is 0 Å². The van der Waals surface area contributed by atoms with E-state index in [0.29, 0.717) is 38.3 Å². The summed E-state index contributed by atoms with van der Waals surface area (Å²) in [6.45, 7) is 7.57. The molecular formula is C22H36N2O5S. The summed E-state index contributed by atoms with van der Waals surface area (Å²) in [5.74, 6) is -1.68. The van der Waals surface area contributed by atoms with Gasteiger partial charge >= 0.3 is 5.97 Å². The van der Waals surface area contributed by atoms with E-state index in [2.05, 4.69) is 39.0 Å². The average molecular weight is 441 g/mol. The number of carbonyl (C=O) groups is 1. The largest absolute Gasteiger partial charge is 0.481 e. The van der Waals surface area contributed by atoms with Crippen LogP contribution in [0.3, 0.4) is 0 Å². The lowest BCUT2D eigenvalue weighted by Crippen LogP contribution is -2.56. The van der Waals surface area contributed by atoms with Gasteiger partial charge in [0.2, 0.25) is 0 Å². The lowest BCUT2D eigenvalue weighted by Gasteiger charge is -2.54. The lowest BCUT2D eigenvalue weighted by atomic mass is 9.49. The molecule has 0 spiro atoms. The van der Waals surface area contributed by atoms with Gasteiger partial charge in [0.1, 0.15) is 0 Å². The van der Waals surface area contributed by atoms with Crippen molar-refractivity contribution in [3.8, 4) is 0 Å². The van der Waals surface area contributed by atoms with E-state index in [1.165, 1.54) is 11.1 Å². The Bertz CT molecular complexity index is 868. The molecule has 0 heterocycles. The number of carboxylic acids is 1. The van der Waals surface area contributed by atoms with Crippen LogP contribution < -0.4 is 11.5 Å². The van der Waals surface area contributed by atoms with Crippen molar-refractivity contribution in [1.29, 1.82) is 0 Å². The van der Waals surface area contributed by atoms with Crippen LogP contribution in [-0.4, -0.2) is 42.9 Å². The molecule has 8 heteroatoms. The summed E-state index contributed by atoms with van der Waals surface area (Å²) in [5, 5.41) is 9.99. The number of fused-ring (bicyclic) bond motifs is 3. The molecule has 30 heavy (non-hydrogen) atoms. The maximum absolute atomic E-state index is 12.2. The average Bonchev–Trinajstić information content (AvgIpc) is 2.66. The molecule has 6 N–H and O–H groups in total. The fourth-order valence-electron chi connectivity index (χ4n) is 5.50. The van der Waals surface area contributed by atoms with Gasteiger partial charge in [-0.3, -0.25) is 9.35 Å². The minimum absolute atomic E-state index is 0.293. The highest BCUT2D eigenvalue weighted by Crippen LogP contribution is 2.58. The highest BCUT2D eigenvalue weighted by atomic mass is 32.2. The maximum Gasteiger partial charge on any atom is 0.311 e. The minimum atomic E-state index is -4.38. The molecule has 7 nitrogen and oxygen atoms in total. The van der Waals surface area contributed by atoms with Gasteiger partial charge in [-0.2, -0.15) is 8.42 Å². The van der Waals surface area contributed by atoms with E-state index in [1.54, 1.807) is 0 Å². The molecule has 3 rings (SSSR count). The zero-order valence-electron chi connectivity index (χ0n) is 18.2. The van der Waals surface area contributed by atoms with Gasteiger partial charge in [0.15, 0.2) is 0 Å². The molecule has 0 saturated heterocycles. The number of hydrogen-bond acceptors (Lipinski definition) is 5. The molecule has 0 radical (unpaired) electrons. The second-order valence-electron chi connectivity index (χ2n) is 9.20. The number of aliphatic carboxylic acids is 1. The molecule has 170 valence electrons. The van der Waals surface area contributed by atoms with Gasteiger partial charge in [-0.15, -0.1) is 0 Å². The highest BCUT2D eigenvalue weighted by molar-refractivity contribution is 7.85. The summed E-state index contributed by atoms with van der Waals surface area (Å²) >= 11 is 0. The monoisotopic (exact) mass is 440 g/mol. The first-order valence-electron chi connectivity index (χ1n) is 10.6. The van der Waals surface area contributed by atoms with Crippen molar-refractivity contribution >= 4 is 16.1 Å². The fraction of sp³-hybridized carbons (Fsp3) is 0.682. The first-order valence-corrected chi connectivity index (χ1v) is 12.2. The predicted molar refractivity (Wildman–Crippen MR) is 118 cm³/mol. The maximum atomic E-state index is 12.2. The van der Waals surface area contributed by atoms with Crippen molar-refractivity contribution in [2.24, 2.45) is 22.8 Å². The van der Waals surface area contributed by atoms with Crippen molar-refractivity contribution in [2.45, 2.75) is 64.2 Å². The summed E-state index contributed by atoms with van der Waals surface area (Å²) < 4.78 is 32.8. The molecule has 1 fully saturated rings. The van der Waals surface area contributed by atoms with Gasteiger partial charge in [-0.1, -0.05) is 45.4 Å². The zero-order chi connectivity index (χ0) is 22.7. The number of nitrogens with two attached hydrogens (primary N) is 2. The molecule has 2 aliphatic rings. The number of rotatable bonds is 5. The molecule has 1 aromatic carbocycles. The van der Waals surface area contributed by atoms with Crippen molar-refractivity contribution in [3.05, 3.63) is 34.9 Å². The third-order valence-corrected chi connectivity index (χ3v) is 7.78. The van der Waals surface area contributed by atoms with Crippen molar-refractivity contribution in [3.63, 3.8) is 0 Å². The zero-order valence-corrected chi connectivity index (χ0v) is 19.0. The van der Waals surface area contributed by atoms with Gasteiger partial charge in [-0.25, -0.2) is 0 Å². The van der Waals surface area contributed by atoms with Crippen LogP contribution >= 0.6 is 0 Å². The van der Waals surface area contributed by atoms with Crippen LogP contribution in [0.1, 0.15) is 69.1 Å². The molecule has 1 saturated carbocycles. The first-order chi connectivity index (χ1) is 13.9. The van der Waals surface area contributed by atoms with E-state index < -0.39 is 27.3 Å². The molecule has 0 aliphatic heterocycles. The molecule has 1 aromatic rings. The van der Waals surface area contributed by atoms with E-state index in [1.807, 2.05) is 0 Å². The van der Waals surface area contributed by atoms with E-state index in [0.717, 1.165) is 18.4 Å². The van der Waals surface area contributed by atoms with Gasteiger partial charge in [0, 0.05) is 13.1 Å². The molecule has 2 aliphatic carbocycles. The van der Waals surface area contributed by atoms with Crippen LogP contribution in [0, 0.1) is 11.3 Å². The molecule has 0 aromatic heterocycles. The van der Waals surface area contributed by atoms with Gasteiger partial charge < -0.3 is 16.6 Å². The Morgan fingerprint density at radius 1 is 1.23 bits per heavy atom. The van der Waals surface area contributed by atoms with Gasteiger partial charge in [0.25, 0.3) is 10.1 Å². The van der Waals surface area contributed by atoms with Crippen molar-refractivity contribution < 1.29 is 22.9 Å². The van der Waals surface area contributed by atoms with E-state index in [9.17, 15) is 22.9 Å². The topological polar surface area (TPSA) is 144 Å². The fourth-order valence-corrected chi connectivity index (χ4v) is 6.62. The summed E-state index contributed by atoms with van der Waals surface area (Å²) in [7, 11) is -4.38. The van der Waals surface area contributed by atoms with Crippen LogP contribution in [0.15, 0.2) is 18.2 Å². The Morgan fingerprint density at radius 2 is 1.87 bits per heavy atom. The molecule has 0 amide bonds.